The van der Waals surface area contributed by atoms with E-state index in [4.69, 9.17) is 4.98 Å². The molecule has 0 aliphatic heterocycles. The first-order valence-corrected chi connectivity index (χ1v) is 10.8. The van der Waals surface area contributed by atoms with Gasteiger partial charge in [-0.05, 0) is 93.7 Å². The van der Waals surface area contributed by atoms with Crippen molar-refractivity contribution in [3.8, 4) is 22.3 Å². The van der Waals surface area contributed by atoms with Gasteiger partial charge >= 0.3 is 0 Å². The standard InChI is InChI=1S/C28H17N3/c1-2-5-20-16(4-1)10-17-13-22-18(12-21(17)20)11-19-14-25-24(15-23(19)22)27-26(6-3-7-29-27)31-9-8-30-28(25)31/h1-9,12-15H,10-11H2. The van der Waals surface area contributed by atoms with Gasteiger partial charge in [0.05, 0.1) is 11.0 Å². The summed E-state index contributed by atoms with van der Waals surface area (Å²) in [4.78, 5) is 9.44. The Kier molecular flexibility index (Phi) is 2.74. The first-order valence-electron chi connectivity index (χ1n) is 10.8. The van der Waals surface area contributed by atoms with Crippen LogP contribution in [0.5, 0.6) is 0 Å². The Labute approximate surface area is 178 Å². The van der Waals surface area contributed by atoms with Crippen LogP contribution in [0.1, 0.15) is 22.3 Å². The van der Waals surface area contributed by atoms with Gasteiger partial charge in [0, 0.05) is 29.4 Å². The minimum Gasteiger partial charge on any atom is -0.298 e. The number of aromatic nitrogens is 3. The zero-order valence-corrected chi connectivity index (χ0v) is 16.8. The lowest BCUT2D eigenvalue weighted by Gasteiger charge is -2.10. The molecule has 0 unspecified atom stereocenters. The van der Waals surface area contributed by atoms with E-state index >= 15 is 0 Å². The maximum atomic E-state index is 4.76. The van der Waals surface area contributed by atoms with Gasteiger partial charge in [-0.1, -0.05) is 24.3 Å². The summed E-state index contributed by atoms with van der Waals surface area (Å²) in [6.45, 7) is 0. The lowest BCUT2D eigenvalue weighted by Crippen LogP contribution is -1.93. The average molecular weight is 395 g/mol. The van der Waals surface area contributed by atoms with Crippen molar-refractivity contribution >= 4 is 27.5 Å². The van der Waals surface area contributed by atoms with E-state index < -0.39 is 0 Å². The Morgan fingerprint density at radius 2 is 1.39 bits per heavy atom. The summed E-state index contributed by atoms with van der Waals surface area (Å²) in [5.74, 6) is 0. The second-order valence-corrected chi connectivity index (χ2v) is 8.72. The number of pyridine rings is 2. The maximum absolute atomic E-state index is 4.76. The fourth-order valence-electron chi connectivity index (χ4n) is 5.75. The van der Waals surface area contributed by atoms with Crippen molar-refractivity contribution in [2.45, 2.75) is 12.8 Å². The van der Waals surface area contributed by atoms with E-state index in [1.807, 2.05) is 24.7 Å². The van der Waals surface area contributed by atoms with Crippen molar-refractivity contribution < 1.29 is 0 Å². The van der Waals surface area contributed by atoms with Crippen LogP contribution in [-0.4, -0.2) is 14.4 Å². The summed E-state index contributed by atoms with van der Waals surface area (Å²) >= 11 is 0. The monoisotopic (exact) mass is 395 g/mol. The lowest BCUT2D eigenvalue weighted by atomic mass is 9.97. The minimum absolute atomic E-state index is 0.975. The van der Waals surface area contributed by atoms with E-state index in [1.54, 1.807) is 0 Å². The fraction of sp³-hybridized carbons (Fsp3) is 0.0714. The fourth-order valence-corrected chi connectivity index (χ4v) is 5.75. The second kappa shape index (κ2) is 5.38. The average Bonchev–Trinajstić information content (AvgIpc) is 3.51. The molecule has 3 heterocycles. The molecule has 144 valence electrons. The van der Waals surface area contributed by atoms with Crippen LogP contribution < -0.4 is 0 Å². The van der Waals surface area contributed by atoms with Crippen LogP contribution in [0.15, 0.2) is 79.3 Å². The molecule has 8 rings (SSSR count). The molecule has 3 aromatic heterocycles. The summed E-state index contributed by atoms with van der Waals surface area (Å²) in [5, 5.41) is 2.37. The highest BCUT2D eigenvalue weighted by molar-refractivity contribution is 6.12. The van der Waals surface area contributed by atoms with E-state index in [1.165, 1.54) is 55.3 Å². The smallest absolute Gasteiger partial charge is 0.145 e. The number of rotatable bonds is 0. The van der Waals surface area contributed by atoms with Crippen molar-refractivity contribution in [3.05, 3.63) is 102 Å². The molecular formula is C28H17N3. The zero-order chi connectivity index (χ0) is 20.1. The molecule has 0 radical (unpaired) electrons. The number of nitrogens with zero attached hydrogens (tertiary/aromatic N) is 3. The topological polar surface area (TPSA) is 30.2 Å². The molecule has 0 amide bonds. The summed E-state index contributed by atoms with van der Waals surface area (Å²) in [7, 11) is 0. The van der Waals surface area contributed by atoms with Crippen molar-refractivity contribution in [1.29, 1.82) is 0 Å². The van der Waals surface area contributed by atoms with E-state index in [-0.39, 0.29) is 0 Å². The predicted octanol–water partition coefficient (Wildman–Crippen LogP) is 6.18. The summed E-state index contributed by atoms with van der Waals surface area (Å²) in [6, 6.07) is 22.5. The number of fused-ring (bicyclic) bond motifs is 12. The summed E-state index contributed by atoms with van der Waals surface area (Å²) < 4.78 is 2.16. The van der Waals surface area contributed by atoms with E-state index in [0.29, 0.717) is 0 Å². The van der Waals surface area contributed by atoms with Crippen molar-refractivity contribution in [2.75, 3.05) is 0 Å². The van der Waals surface area contributed by atoms with Crippen LogP contribution in [0.2, 0.25) is 0 Å². The van der Waals surface area contributed by atoms with Crippen LogP contribution in [0.3, 0.4) is 0 Å². The van der Waals surface area contributed by atoms with Gasteiger partial charge in [-0.25, -0.2) is 4.98 Å². The van der Waals surface area contributed by atoms with Crippen LogP contribution in [-0.2, 0) is 12.8 Å². The SMILES string of the molecule is c1ccc2c(c1)Cc1cc3c(cc1-2)Cc1cc2c(cc1-3)c1ncccc1n1ccnc21. The van der Waals surface area contributed by atoms with Crippen LogP contribution in [0.25, 0.3) is 49.7 Å². The third-order valence-electron chi connectivity index (χ3n) is 7.11. The Hall–Kier alpha value is -3.98. The van der Waals surface area contributed by atoms with Crippen LogP contribution in [0, 0.1) is 0 Å². The zero-order valence-electron chi connectivity index (χ0n) is 16.8. The summed E-state index contributed by atoms with van der Waals surface area (Å²) in [5.41, 5.74) is 14.4. The molecule has 31 heavy (non-hydrogen) atoms. The number of hydrogen-bond donors (Lipinski definition) is 0. The molecule has 0 N–H and O–H groups in total. The Balaban J connectivity index is 1.43. The molecule has 0 fully saturated rings. The van der Waals surface area contributed by atoms with Crippen molar-refractivity contribution in [3.63, 3.8) is 0 Å². The number of benzene rings is 3. The highest BCUT2D eigenvalue weighted by Gasteiger charge is 2.26. The van der Waals surface area contributed by atoms with E-state index in [2.05, 4.69) is 64.0 Å². The lowest BCUT2D eigenvalue weighted by molar-refractivity contribution is 1.24. The van der Waals surface area contributed by atoms with Crippen LogP contribution in [0.4, 0.5) is 0 Å². The largest absolute Gasteiger partial charge is 0.298 e. The Morgan fingerprint density at radius 3 is 2.32 bits per heavy atom. The van der Waals surface area contributed by atoms with Gasteiger partial charge in [0.15, 0.2) is 0 Å². The normalized spacial score (nSPS) is 13.5. The Bertz CT molecular complexity index is 1740. The van der Waals surface area contributed by atoms with E-state index in [0.717, 1.165) is 29.5 Å². The van der Waals surface area contributed by atoms with E-state index in [9.17, 15) is 0 Å². The molecule has 2 aliphatic rings. The first-order chi connectivity index (χ1) is 15.3. The van der Waals surface area contributed by atoms with Crippen LogP contribution >= 0.6 is 0 Å². The third kappa shape index (κ3) is 1.94. The molecule has 3 aromatic carbocycles. The molecule has 0 atom stereocenters. The molecule has 0 spiro atoms. The highest BCUT2D eigenvalue weighted by Crippen LogP contribution is 2.46. The van der Waals surface area contributed by atoms with Crippen molar-refractivity contribution in [1.82, 2.24) is 14.4 Å². The maximum Gasteiger partial charge on any atom is 0.145 e. The quantitative estimate of drug-likeness (QED) is 0.287. The first kappa shape index (κ1) is 15.8. The Morgan fingerprint density at radius 1 is 0.613 bits per heavy atom. The van der Waals surface area contributed by atoms with Gasteiger partial charge in [-0.3, -0.25) is 9.38 Å². The third-order valence-corrected chi connectivity index (χ3v) is 7.11. The van der Waals surface area contributed by atoms with Gasteiger partial charge in [-0.2, -0.15) is 0 Å². The second-order valence-electron chi connectivity index (χ2n) is 8.72. The van der Waals surface area contributed by atoms with Gasteiger partial charge in [0.2, 0.25) is 0 Å². The van der Waals surface area contributed by atoms with Crippen molar-refractivity contribution in [2.24, 2.45) is 0 Å². The molecule has 0 bridgehead atoms. The molecule has 3 nitrogen and oxygen atoms in total. The number of imidazole rings is 1. The number of hydrogen-bond acceptors (Lipinski definition) is 2. The van der Waals surface area contributed by atoms with Gasteiger partial charge in [0.25, 0.3) is 0 Å². The molecule has 0 saturated carbocycles. The summed E-state index contributed by atoms with van der Waals surface area (Å²) in [6.07, 6.45) is 7.80. The molecule has 2 aliphatic carbocycles. The molecule has 6 aromatic rings. The minimum atomic E-state index is 0.975. The predicted molar refractivity (Wildman–Crippen MR) is 124 cm³/mol. The van der Waals surface area contributed by atoms with Gasteiger partial charge in [0.1, 0.15) is 5.65 Å². The van der Waals surface area contributed by atoms with Gasteiger partial charge < -0.3 is 0 Å². The van der Waals surface area contributed by atoms with Gasteiger partial charge in [-0.15, -0.1) is 0 Å². The molecular weight excluding hydrogens is 378 g/mol. The molecule has 0 saturated heterocycles. The molecule has 3 heteroatoms. The highest BCUT2D eigenvalue weighted by atomic mass is 15.0.